The van der Waals surface area contributed by atoms with Crippen LogP contribution in [0.25, 0.3) is 0 Å². The monoisotopic (exact) mass is 166 g/mol. The zero-order valence-corrected chi connectivity index (χ0v) is 6.82. The average molecular weight is 166 g/mol. The molecule has 0 aliphatic heterocycles. The van der Waals surface area contributed by atoms with E-state index in [1.165, 1.54) is 0 Å². The Hall–Kier alpha value is -1.09. The van der Waals surface area contributed by atoms with Crippen molar-refractivity contribution in [1.29, 1.82) is 0 Å². The van der Waals surface area contributed by atoms with Crippen molar-refractivity contribution in [3.8, 4) is 0 Å². The summed E-state index contributed by atoms with van der Waals surface area (Å²) in [7, 11) is 1.55. The van der Waals surface area contributed by atoms with E-state index in [1.807, 2.05) is 12.1 Å². The Balaban J connectivity index is 2.13. The molecular weight excluding hydrogens is 156 g/mol. The van der Waals surface area contributed by atoms with Crippen LogP contribution in [0.2, 0.25) is 0 Å². The van der Waals surface area contributed by atoms with Crippen LogP contribution in [0.1, 0.15) is 18.1 Å². The molecule has 0 aromatic carbocycles. The summed E-state index contributed by atoms with van der Waals surface area (Å²) in [5.74, 6) is 1.15. The van der Waals surface area contributed by atoms with Crippen molar-refractivity contribution in [2.24, 2.45) is 0 Å². The van der Waals surface area contributed by atoms with E-state index in [9.17, 15) is 4.79 Å². The third-order valence-electron chi connectivity index (χ3n) is 2.27. The Bertz CT molecular complexity index is 276. The van der Waals surface area contributed by atoms with Crippen LogP contribution in [0.3, 0.4) is 0 Å². The van der Waals surface area contributed by atoms with Gasteiger partial charge >= 0.3 is 0 Å². The predicted molar refractivity (Wildman–Crippen MR) is 41.9 cm³/mol. The molecule has 64 valence electrons. The Morgan fingerprint density at radius 2 is 2.50 bits per heavy atom. The van der Waals surface area contributed by atoms with Gasteiger partial charge in [-0.1, -0.05) is 0 Å². The number of ketones is 1. The van der Waals surface area contributed by atoms with Crippen molar-refractivity contribution >= 4 is 5.78 Å². The molecule has 3 nitrogen and oxygen atoms in total. The van der Waals surface area contributed by atoms with Crippen LogP contribution in [0, 0.1) is 0 Å². The molecule has 1 aromatic heterocycles. The lowest BCUT2D eigenvalue weighted by Gasteiger charge is -2.31. The Morgan fingerprint density at radius 1 is 1.67 bits per heavy atom. The molecule has 2 rings (SSSR count). The highest BCUT2D eigenvalue weighted by Crippen LogP contribution is 2.35. The molecule has 12 heavy (non-hydrogen) atoms. The summed E-state index contributed by atoms with van der Waals surface area (Å²) in [6.45, 7) is 0. The molecule has 0 saturated heterocycles. The van der Waals surface area contributed by atoms with Gasteiger partial charge in [-0.2, -0.15) is 0 Å². The minimum atomic E-state index is -0.281. The van der Waals surface area contributed by atoms with E-state index in [0.29, 0.717) is 6.42 Å². The maximum atomic E-state index is 11.0. The van der Waals surface area contributed by atoms with Crippen LogP contribution in [-0.2, 0) is 9.53 Å². The normalized spacial score (nSPS) is 28.6. The van der Waals surface area contributed by atoms with Gasteiger partial charge in [-0.05, 0) is 12.1 Å². The minimum absolute atomic E-state index is 0.137. The highest BCUT2D eigenvalue weighted by molar-refractivity contribution is 5.91. The van der Waals surface area contributed by atoms with E-state index in [2.05, 4.69) is 0 Å². The summed E-state index contributed by atoms with van der Waals surface area (Å²) in [5, 5.41) is 0. The van der Waals surface area contributed by atoms with Crippen molar-refractivity contribution in [3.05, 3.63) is 24.2 Å². The number of hydrogen-bond acceptors (Lipinski definition) is 3. The van der Waals surface area contributed by atoms with Gasteiger partial charge in [0.15, 0.2) is 5.78 Å². The van der Waals surface area contributed by atoms with Gasteiger partial charge < -0.3 is 9.15 Å². The maximum Gasteiger partial charge on any atom is 0.163 e. The zero-order valence-electron chi connectivity index (χ0n) is 6.82. The fourth-order valence-corrected chi connectivity index (χ4v) is 1.55. The van der Waals surface area contributed by atoms with Crippen LogP contribution >= 0.6 is 0 Å². The first-order valence-electron chi connectivity index (χ1n) is 3.92. The molecule has 0 amide bonds. The molecule has 0 spiro atoms. The second-order valence-corrected chi connectivity index (χ2v) is 2.95. The summed E-state index contributed by atoms with van der Waals surface area (Å²) < 4.78 is 10.2. The third-order valence-corrected chi connectivity index (χ3v) is 2.27. The lowest BCUT2D eigenvalue weighted by molar-refractivity contribution is -0.141. The first kappa shape index (κ1) is 7.55. The Kier molecular flexibility index (Phi) is 1.73. The van der Waals surface area contributed by atoms with Crippen molar-refractivity contribution in [3.63, 3.8) is 0 Å². The molecule has 3 heteroatoms. The lowest BCUT2D eigenvalue weighted by Crippen LogP contribution is -2.41. The minimum Gasteiger partial charge on any atom is -0.469 e. The number of carbonyl (C=O) groups is 1. The Morgan fingerprint density at radius 3 is 3.00 bits per heavy atom. The van der Waals surface area contributed by atoms with E-state index >= 15 is 0 Å². The van der Waals surface area contributed by atoms with Gasteiger partial charge in [0.05, 0.1) is 12.2 Å². The smallest absolute Gasteiger partial charge is 0.163 e. The van der Waals surface area contributed by atoms with E-state index < -0.39 is 0 Å². The van der Waals surface area contributed by atoms with Crippen LogP contribution < -0.4 is 0 Å². The van der Waals surface area contributed by atoms with E-state index in [0.717, 1.165) is 5.76 Å². The van der Waals surface area contributed by atoms with Gasteiger partial charge in [-0.25, -0.2) is 0 Å². The summed E-state index contributed by atoms with van der Waals surface area (Å²) in [6.07, 6.45) is 1.88. The van der Waals surface area contributed by atoms with Crippen LogP contribution in [-0.4, -0.2) is 19.0 Å². The summed E-state index contributed by atoms with van der Waals surface area (Å²) in [6, 6.07) is 3.70. The van der Waals surface area contributed by atoms with E-state index in [1.54, 1.807) is 13.4 Å². The number of carbonyl (C=O) groups excluding carboxylic acids is 1. The third kappa shape index (κ3) is 0.975. The number of ether oxygens (including phenoxy) is 1. The number of rotatable bonds is 2. The second-order valence-electron chi connectivity index (χ2n) is 2.95. The molecule has 0 N–H and O–H groups in total. The van der Waals surface area contributed by atoms with Gasteiger partial charge in [0, 0.05) is 13.5 Å². The van der Waals surface area contributed by atoms with Gasteiger partial charge in [0.1, 0.15) is 11.9 Å². The van der Waals surface area contributed by atoms with Crippen LogP contribution in [0.15, 0.2) is 22.8 Å². The summed E-state index contributed by atoms with van der Waals surface area (Å²) >= 11 is 0. The fraction of sp³-hybridized carbons (Fsp3) is 0.444. The molecule has 0 bridgehead atoms. The molecule has 1 aromatic rings. The lowest BCUT2D eigenvalue weighted by atomic mass is 9.79. The number of hydrogen-bond donors (Lipinski definition) is 0. The second kappa shape index (κ2) is 2.75. The van der Waals surface area contributed by atoms with Gasteiger partial charge in [-0.15, -0.1) is 0 Å². The van der Waals surface area contributed by atoms with Crippen molar-refractivity contribution in [2.75, 3.05) is 7.11 Å². The number of Topliss-reactive ketones (excluding diaryl/α,β-unsaturated/α-hetero) is 1. The highest BCUT2D eigenvalue weighted by atomic mass is 16.5. The summed E-state index contributed by atoms with van der Waals surface area (Å²) in [4.78, 5) is 11.0. The molecule has 1 aliphatic rings. The van der Waals surface area contributed by atoms with E-state index in [-0.39, 0.29) is 17.8 Å². The first-order chi connectivity index (χ1) is 5.83. The molecule has 1 saturated carbocycles. The van der Waals surface area contributed by atoms with E-state index in [4.69, 9.17) is 9.15 Å². The molecule has 0 unspecified atom stereocenters. The largest absolute Gasteiger partial charge is 0.469 e. The van der Waals surface area contributed by atoms with Gasteiger partial charge in [-0.3, -0.25) is 4.79 Å². The topological polar surface area (TPSA) is 39.4 Å². The molecule has 1 fully saturated rings. The quantitative estimate of drug-likeness (QED) is 0.665. The number of furan rings is 1. The molecular formula is C9H10O3. The first-order valence-corrected chi connectivity index (χ1v) is 3.92. The van der Waals surface area contributed by atoms with Crippen molar-refractivity contribution in [2.45, 2.75) is 18.4 Å². The molecule has 1 aliphatic carbocycles. The van der Waals surface area contributed by atoms with Gasteiger partial charge in [0.2, 0.25) is 0 Å². The molecule has 0 radical (unpaired) electrons. The van der Waals surface area contributed by atoms with Gasteiger partial charge in [0.25, 0.3) is 0 Å². The fourth-order valence-electron chi connectivity index (χ4n) is 1.55. The number of methoxy groups -OCH3 is 1. The maximum absolute atomic E-state index is 11.0. The van der Waals surface area contributed by atoms with Crippen molar-refractivity contribution < 1.29 is 13.9 Å². The van der Waals surface area contributed by atoms with Crippen LogP contribution in [0.4, 0.5) is 0 Å². The zero-order chi connectivity index (χ0) is 8.55. The standard InChI is InChI=1S/C9H10O3/c1-11-9-6(5-7(9)10)8-3-2-4-12-8/h2-4,6,9H,5H2,1H3/t6-,9+/m0/s1. The average Bonchev–Trinajstić information content (AvgIpc) is 2.52. The summed E-state index contributed by atoms with van der Waals surface area (Å²) in [5.41, 5.74) is 0. The molecule has 2 atom stereocenters. The van der Waals surface area contributed by atoms with Crippen LogP contribution in [0.5, 0.6) is 0 Å². The van der Waals surface area contributed by atoms with Crippen molar-refractivity contribution in [1.82, 2.24) is 0 Å². The molecule has 1 heterocycles. The highest BCUT2D eigenvalue weighted by Gasteiger charge is 2.42. The SMILES string of the molecule is CO[C@H]1C(=O)C[C@H]1c1ccco1. The Labute approximate surface area is 70.3 Å². The predicted octanol–water partition coefficient (Wildman–Crippen LogP) is 1.35.